The minimum atomic E-state index is -0.696. The van der Waals surface area contributed by atoms with Crippen molar-refractivity contribution in [2.45, 2.75) is 46.4 Å². The normalized spacial score (nSPS) is 14.9. The van der Waals surface area contributed by atoms with Gasteiger partial charge in [0.2, 0.25) is 0 Å². The Morgan fingerprint density at radius 3 is 2.37 bits per heavy atom. The van der Waals surface area contributed by atoms with Gasteiger partial charge in [0.1, 0.15) is 18.1 Å². The standard InChI is InChI=1S/C33H30Br2N2O5S/c1-5-40-32(39)28-20(4)36-33-37(29(28)23-11-13-24(14-12-23)42-19(2)3)31(38)27(43-33)17-22-15-25(34)30(26(35)16-22)41-18-21-9-7-6-8-10-21/h6-17,19,29H,5,18H2,1-4H3/b27-17-/t29-/m0/s1. The third-order valence-corrected chi connectivity index (χ3v) is 8.79. The van der Waals surface area contributed by atoms with E-state index in [1.54, 1.807) is 18.4 Å². The molecule has 1 aliphatic rings. The maximum Gasteiger partial charge on any atom is 0.338 e. The molecular formula is C33H30Br2N2O5S. The zero-order valence-corrected chi connectivity index (χ0v) is 28.1. The fourth-order valence-electron chi connectivity index (χ4n) is 4.79. The van der Waals surface area contributed by atoms with Crippen molar-refractivity contribution < 1.29 is 19.0 Å². The molecular weight excluding hydrogens is 696 g/mol. The van der Waals surface area contributed by atoms with Crippen molar-refractivity contribution in [3.63, 3.8) is 0 Å². The molecule has 0 fully saturated rings. The van der Waals surface area contributed by atoms with Crippen LogP contribution in [0.25, 0.3) is 6.08 Å². The molecule has 1 aromatic heterocycles. The quantitative estimate of drug-likeness (QED) is 0.180. The Bertz CT molecular complexity index is 1840. The van der Waals surface area contributed by atoms with E-state index in [1.165, 1.54) is 11.3 Å². The molecule has 0 saturated carbocycles. The molecule has 1 aliphatic heterocycles. The lowest BCUT2D eigenvalue weighted by Crippen LogP contribution is -2.39. The highest BCUT2D eigenvalue weighted by molar-refractivity contribution is 9.11. The first-order valence-electron chi connectivity index (χ1n) is 13.8. The van der Waals surface area contributed by atoms with Crippen LogP contribution in [0.15, 0.2) is 96.7 Å². The van der Waals surface area contributed by atoms with Gasteiger partial charge in [-0.25, -0.2) is 9.79 Å². The van der Waals surface area contributed by atoms with Gasteiger partial charge in [0.15, 0.2) is 4.80 Å². The van der Waals surface area contributed by atoms with Crippen LogP contribution in [0, 0.1) is 0 Å². The topological polar surface area (TPSA) is 79.1 Å². The summed E-state index contributed by atoms with van der Waals surface area (Å²) < 4.78 is 20.8. The predicted octanol–water partition coefficient (Wildman–Crippen LogP) is 6.69. The summed E-state index contributed by atoms with van der Waals surface area (Å²) >= 11 is 8.53. The molecule has 222 valence electrons. The Hall–Kier alpha value is -3.47. The number of thiazole rings is 1. The largest absolute Gasteiger partial charge is 0.491 e. The molecule has 0 amide bonds. The second-order valence-corrected chi connectivity index (χ2v) is 12.8. The van der Waals surface area contributed by atoms with Crippen molar-refractivity contribution in [1.82, 2.24) is 4.57 Å². The number of aromatic nitrogens is 1. The Morgan fingerprint density at radius 1 is 1.07 bits per heavy atom. The number of halogens is 2. The lowest BCUT2D eigenvalue weighted by molar-refractivity contribution is -0.139. The van der Waals surface area contributed by atoms with Gasteiger partial charge in [0.05, 0.1) is 43.5 Å². The fourth-order valence-corrected chi connectivity index (χ4v) is 7.29. The summed E-state index contributed by atoms with van der Waals surface area (Å²) in [5.41, 5.74) is 3.21. The van der Waals surface area contributed by atoms with Crippen LogP contribution in [0.1, 0.15) is 50.4 Å². The highest BCUT2D eigenvalue weighted by atomic mass is 79.9. The first-order chi connectivity index (χ1) is 20.7. The second-order valence-electron chi connectivity index (χ2n) is 10.1. The zero-order valence-electron chi connectivity index (χ0n) is 24.1. The van der Waals surface area contributed by atoms with Crippen LogP contribution < -0.4 is 24.4 Å². The third kappa shape index (κ3) is 6.87. The van der Waals surface area contributed by atoms with Crippen LogP contribution in [0.2, 0.25) is 0 Å². The average molecular weight is 726 g/mol. The van der Waals surface area contributed by atoms with Crippen molar-refractivity contribution in [2.24, 2.45) is 4.99 Å². The summed E-state index contributed by atoms with van der Waals surface area (Å²) in [6, 6.07) is 20.5. The van der Waals surface area contributed by atoms with Gasteiger partial charge in [-0.2, -0.15) is 0 Å². The van der Waals surface area contributed by atoms with Crippen molar-refractivity contribution in [3.8, 4) is 11.5 Å². The molecule has 0 unspecified atom stereocenters. The number of hydrogen-bond donors (Lipinski definition) is 0. The van der Waals surface area contributed by atoms with E-state index in [4.69, 9.17) is 14.2 Å². The first-order valence-corrected chi connectivity index (χ1v) is 16.2. The van der Waals surface area contributed by atoms with Gasteiger partial charge < -0.3 is 14.2 Å². The zero-order chi connectivity index (χ0) is 30.7. The Kier molecular flexibility index (Phi) is 9.68. The van der Waals surface area contributed by atoms with Gasteiger partial charge in [-0.05, 0) is 107 Å². The van der Waals surface area contributed by atoms with E-state index in [-0.39, 0.29) is 18.3 Å². The van der Waals surface area contributed by atoms with Gasteiger partial charge in [0.25, 0.3) is 5.56 Å². The molecule has 0 saturated heterocycles. The Morgan fingerprint density at radius 2 is 1.74 bits per heavy atom. The summed E-state index contributed by atoms with van der Waals surface area (Å²) in [6.45, 7) is 8.07. The van der Waals surface area contributed by atoms with E-state index in [1.807, 2.05) is 86.7 Å². The van der Waals surface area contributed by atoms with Crippen LogP contribution in [0.4, 0.5) is 0 Å². The molecule has 2 heterocycles. The summed E-state index contributed by atoms with van der Waals surface area (Å²) in [4.78, 5) is 32.3. The summed E-state index contributed by atoms with van der Waals surface area (Å²) in [6.07, 6.45) is 1.84. The number of hydrogen-bond acceptors (Lipinski definition) is 7. The molecule has 0 radical (unpaired) electrons. The molecule has 1 atom stereocenters. The Labute approximate surface area is 270 Å². The lowest BCUT2D eigenvalue weighted by Gasteiger charge is -2.25. The Balaban J connectivity index is 1.55. The molecule has 10 heteroatoms. The molecule has 0 N–H and O–H groups in total. The molecule has 0 bridgehead atoms. The van der Waals surface area contributed by atoms with Crippen molar-refractivity contribution >= 4 is 55.2 Å². The van der Waals surface area contributed by atoms with E-state index in [2.05, 4.69) is 36.9 Å². The van der Waals surface area contributed by atoms with Crippen LogP contribution in [0.5, 0.6) is 11.5 Å². The summed E-state index contributed by atoms with van der Waals surface area (Å²) in [7, 11) is 0. The van der Waals surface area contributed by atoms with E-state index in [0.717, 1.165) is 25.6 Å². The minimum absolute atomic E-state index is 0.0188. The number of esters is 1. The van der Waals surface area contributed by atoms with E-state index >= 15 is 0 Å². The highest BCUT2D eigenvalue weighted by Crippen LogP contribution is 2.36. The molecule has 43 heavy (non-hydrogen) atoms. The lowest BCUT2D eigenvalue weighted by atomic mass is 9.96. The van der Waals surface area contributed by atoms with Crippen molar-refractivity contribution in [3.05, 3.63) is 123 Å². The molecule has 7 nitrogen and oxygen atoms in total. The van der Waals surface area contributed by atoms with E-state index in [0.29, 0.717) is 38.7 Å². The molecule has 4 aromatic rings. The minimum Gasteiger partial charge on any atom is -0.491 e. The molecule has 0 spiro atoms. The number of carbonyl (C=O) groups is 1. The highest BCUT2D eigenvalue weighted by Gasteiger charge is 2.33. The predicted molar refractivity (Wildman–Crippen MR) is 175 cm³/mol. The van der Waals surface area contributed by atoms with Gasteiger partial charge in [0, 0.05) is 0 Å². The SMILES string of the molecule is CCOC(=O)C1=C(C)N=c2s/c(=C\c3cc(Br)c(OCc4ccccc4)c(Br)c3)c(=O)n2[C@H]1c1ccc(OC(C)C)cc1. The number of nitrogens with zero attached hydrogens (tertiary/aromatic N) is 2. The third-order valence-electron chi connectivity index (χ3n) is 6.63. The van der Waals surface area contributed by atoms with Crippen LogP contribution in [0.3, 0.4) is 0 Å². The van der Waals surface area contributed by atoms with Crippen molar-refractivity contribution in [1.29, 1.82) is 0 Å². The number of carbonyl (C=O) groups excluding carboxylic acids is 1. The number of rotatable bonds is 9. The number of benzene rings is 3. The van der Waals surface area contributed by atoms with E-state index < -0.39 is 12.0 Å². The van der Waals surface area contributed by atoms with Gasteiger partial charge in [-0.1, -0.05) is 53.8 Å². The summed E-state index contributed by atoms with van der Waals surface area (Å²) in [5.74, 6) is 0.878. The molecule has 5 rings (SSSR count). The first kappa shape index (κ1) is 31.0. The van der Waals surface area contributed by atoms with Crippen LogP contribution in [-0.2, 0) is 16.1 Å². The monoisotopic (exact) mass is 724 g/mol. The molecule has 0 aliphatic carbocycles. The van der Waals surface area contributed by atoms with Gasteiger partial charge in [-0.15, -0.1) is 0 Å². The van der Waals surface area contributed by atoms with Gasteiger partial charge >= 0.3 is 5.97 Å². The second kappa shape index (κ2) is 13.4. The fraction of sp³-hybridized carbons (Fsp3) is 0.242. The number of ether oxygens (including phenoxy) is 3. The average Bonchev–Trinajstić information content (AvgIpc) is 3.26. The number of fused-ring (bicyclic) bond motifs is 1. The smallest absolute Gasteiger partial charge is 0.338 e. The maximum absolute atomic E-state index is 14.0. The van der Waals surface area contributed by atoms with Crippen LogP contribution >= 0.6 is 43.2 Å². The number of allylic oxidation sites excluding steroid dienone is 1. The maximum atomic E-state index is 14.0. The van der Waals surface area contributed by atoms with Crippen molar-refractivity contribution in [2.75, 3.05) is 6.61 Å². The van der Waals surface area contributed by atoms with E-state index in [9.17, 15) is 9.59 Å². The van der Waals surface area contributed by atoms with Crippen LogP contribution in [-0.4, -0.2) is 23.2 Å². The summed E-state index contributed by atoms with van der Waals surface area (Å²) in [5, 5.41) is 0. The van der Waals surface area contributed by atoms with Gasteiger partial charge in [-0.3, -0.25) is 9.36 Å². The molecule has 3 aromatic carbocycles.